The van der Waals surface area contributed by atoms with Crippen molar-refractivity contribution in [3.63, 3.8) is 0 Å². The van der Waals surface area contributed by atoms with Crippen LogP contribution < -0.4 is 0 Å². The van der Waals surface area contributed by atoms with Gasteiger partial charge in [-0.05, 0) is 0 Å². The summed E-state index contributed by atoms with van der Waals surface area (Å²) in [5.41, 5.74) is 0.982. The lowest BCUT2D eigenvalue weighted by Crippen LogP contribution is -2.00. The molecule has 2 heterocycles. The van der Waals surface area contributed by atoms with Gasteiger partial charge in [0.1, 0.15) is 17.1 Å². The fraction of sp³-hybridized carbons (Fsp3) is 0.222. The van der Waals surface area contributed by atoms with Crippen LogP contribution in [0, 0.1) is 0 Å². The topological polar surface area (TPSA) is 57.0 Å². The summed E-state index contributed by atoms with van der Waals surface area (Å²) >= 11 is 5.90. The maximum Gasteiger partial charge on any atom is 0.340 e. The monoisotopic (exact) mass is 225 g/mol. The van der Waals surface area contributed by atoms with E-state index in [4.69, 9.17) is 11.6 Å². The van der Waals surface area contributed by atoms with Gasteiger partial charge in [-0.3, -0.25) is 0 Å². The highest BCUT2D eigenvalue weighted by Gasteiger charge is 2.18. The summed E-state index contributed by atoms with van der Waals surface area (Å²) in [7, 11) is 3.09. The zero-order chi connectivity index (χ0) is 11.0. The van der Waals surface area contributed by atoms with Crippen LogP contribution >= 0.6 is 11.6 Å². The van der Waals surface area contributed by atoms with Crippen molar-refractivity contribution in [3.8, 4) is 0 Å². The van der Waals surface area contributed by atoms with Gasteiger partial charge >= 0.3 is 5.97 Å². The molecule has 6 heteroatoms. The van der Waals surface area contributed by atoms with Crippen molar-refractivity contribution >= 4 is 28.6 Å². The minimum absolute atomic E-state index is 0.251. The van der Waals surface area contributed by atoms with Crippen LogP contribution in [-0.4, -0.2) is 27.6 Å². The Hall–Kier alpha value is -1.62. The molecule has 0 atom stereocenters. The Morgan fingerprint density at radius 3 is 2.93 bits per heavy atom. The summed E-state index contributed by atoms with van der Waals surface area (Å²) in [5.74, 6) is -0.447. The van der Waals surface area contributed by atoms with Gasteiger partial charge in [0, 0.05) is 13.2 Å². The lowest BCUT2D eigenvalue weighted by atomic mass is 10.2. The van der Waals surface area contributed by atoms with Gasteiger partial charge in [0.05, 0.1) is 18.1 Å². The molecule has 15 heavy (non-hydrogen) atoms. The van der Waals surface area contributed by atoms with Gasteiger partial charge in [-0.25, -0.2) is 14.8 Å². The number of hydrogen-bond donors (Lipinski definition) is 0. The molecule has 0 aliphatic rings. The van der Waals surface area contributed by atoms with Crippen molar-refractivity contribution in [1.29, 1.82) is 0 Å². The molecule has 2 aromatic heterocycles. The van der Waals surface area contributed by atoms with Gasteiger partial charge in [0.15, 0.2) is 0 Å². The second-order valence-electron chi connectivity index (χ2n) is 3.01. The second-order valence-corrected chi connectivity index (χ2v) is 3.37. The molecule has 0 unspecified atom stereocenters. The highest BCUT2D eigenvalue weighted by atomic mass is 35.5. The highest BCUT2D eigenvalue weighted by molar-refractivity contribution is 6.35. The number of carbonyl (C=O) groups is 1. The number of halogens is 1. The third-order valence-corrected chi connectivity index (χ3v) is 2.40. The molecular formula is C9H8ClN3O2. The maximum absolute atomic E-state index is 11.4. The zero-order valence-electron chi connectivity index (χ0n) is 8.19. The largest absolute Gasteiger partial charge is 0.465 e. The molecular weight excluding hydrogens is 218 g/mol. The van der Waals surface area contributed by atoms with Crippen molar-refractivity contribution in [2.24, 2.45) is 7.05 Å². The molecule has 0 saturated carbocycles. The Labute approximate surface area is 90.6 Å². The first-order chi connectivity index (χ1) is 7.15. The first-order valence-corrected chi connectivity index (χ1v) is 4.56. The van der Waals surface area contributed by atoms with E-state index in [-0.39, 0.29) is 5.15 Å². The molecule has 0 spiro atoms. The molecule has 5 nitrogen and oxygen atoms in total. The molecule has 0 amide bonds. The Balaban J connectivity index is 2.81. The van der Waals surface area contributed by atoms with Gasteiger partial charge < -0.3 is 9.30 Å². The SMILES string of the molecule is COC(=O)c1cn(C)c2ncnc(Cl)c12. The molecule has 0 radical (unpaired) electrons. The molecule has 0 bridgehead atoms. The van der Waals surface area contributed by atoms with Gasteiger partial charge in [-0.1, -0.05) is 11.6 Å². The van der Waals surface area contributed by atoms with Gasteiger partial charge in [0.2, 0.25) is 0 Å². The maximum atomic E-state index is 11.4. The number of esters is 1. The molecule has 0 aromatic carbocycles. The molecule has 2 aromatic rings. The lowest BCUT2D eigenvalue weighted by molar-refractivity contribution is 0.0602. The number of aryl methyl sites for hydroxylation is 1. The molecule has 0 aliphatic heterocycles. The van der Waals surface area contributed by atoms with Crippen LogP contribution in [0.2, 0.25) is 5.15 Å². The number of nitrogens with zero attached hydrogens (tertiary/aromatic N) is 3. The van der Waals surface area contributed by atoms with Crippen LogP contribution in [0.5, 0.6) is 0 Å². The number of methoxy groups -OCH3 is 1. The molecule has 78 valence electrons. The lowest BCUT2D eigenvalue weighted by Gasteiger charge is -1.97. The molecule has 0 aliphatic carbocycles. The van der Waals surface area contributed by atoms with E-state index in [0.29, 0.717) is 16.6 Å². The van der Waals surface area contributed by atoms with Crippen molar-refractivity contribution < 1.29 is 9.53 Å². The number of fused-ring (bicyclic) bond motifs is 1. The smallest absolute Gasteiger partial charge is 0.340 e. The van der Waals surface area contributed by atoms with Crippen LogP contribution in [0.25, 0.3) is 11.0 Å². The Morgan fingerprint density at radius 1 is 1.53 bits per heavy atom. The van der Waals surface area contributed by atoms with Gasteiger partial charge in [0.25, 0.3) is 0 Å². The van der Waals surface area contributed by atoms with E-state index in [9.17, 15) is 4.79 Å². The first-order valence-electron chi connectivity index (χ1n) is 4.19. The zero-order valence-corrected chi connectivity index (χ0v) is 8.95. The average molecular weight is 226 g/mol. The van der Waals surface area contributed by atoms with Crippen LogP contribution in [-0.2, 0) is 11.8 Å². The van der Waals surface area contributed by atoms with E-state index in [1.807, 2.05) is 0 Å². The summed E-state index contributed by atoms with van der Waals surface area (Å²) in [6.07, 6.45) is 2.97. The van der Waals surface area contributed by atoms with Gasteiger partial charge in [-0.2, -0.15) is 0 Å². The summed E-state index contributed by atoms with van der Waals surface area (Å²) in [5, 5.41) is 0.773. The normalized spacial score (nSPS) is 10.6. The van der Waals surface area contributed by atoms with Crippen molar-refractivity contribution in [2.45, 2.75) is 0 Å². The average Bonchev–Trinajstić information content (AvgIpc) is 2.57. The number of rotatable bonds is 1. The predicted molar refractivity (Wildman–Crippen MR) is 54.9 cm³/mol. The second kappa shape index (κ2) is 3.51. The minimum Gasteiger partial charge on any atom is -0.465 e. The Bertz CT molecular complexity index is 535. The Morgan fingerprint density at radius 2 is 2.27 bits per heavy atom. The molecule has 2 rings (SSSR count). The third-order valence-electron chi connectivity index (χ3n) is 2.11. The van der Waals surface area contributed by atoms with E-state index < -0.39 is 5.97 Å². The summed E-state index contributed by atoms with van der Waals surface area (Å²) in [6, 6.07) is 0. The van der Waals surface area contributed by atoms with Crippen molar-refractivity contribution in [1.82, 2.24) is 14.5 Å². The van der Waals surface area contributed by atoms with Crippen LogP contribution in [0.4, 0.5) is 0 Å². The number of ether oxygens (including phenoxy) is 1. The standard InChI is InChI=1S/C9H8ClN3O2/c1-13-3-5(9(14)15-2)6-7(10)11-4-12-8(6)13/h3-4H,1-2H3. The van der Waals surface area contributed by atoms with E-state index in [1.54, 1.807) is 17.8 Å². The van der Waals surface area contributed by atoms with E-state index in [2.05, 4.69) is 14.7 Å². The molecule has 0 saturated heterocycles. The number of hydrogen-bond acceptors (Lipinski definition) is 4. The fourth-order valence-corrected chi connectivity index (χ4v) is 1.67. The quantitative estimate of drug-likeness (QED) is 0.544. The first kappa shape index (κ1) is 9.92. The van der Waals surface area contributed by atoms with E-state index in [1.165, 1.54) is 13.4 Å². The molecule has 0 fully saturated rings. The van der Waals surface area contributed by atoms with Crippen LogP contribution in [0.1, 0.15) is 10.4 Å². The van der Waals surface area contributed by atoms with Crippen LogP contribution in [0.3, 0.4) is 0 Å². The summed E-state index contributed by atoms with van der Waals surface area (Å²) < 4.78 is 6.35. The summed E-state index contributed by atoms with van der Waals surface area (Å²) in [4.78, 5) is 19.3. The highest BCUT2D eigenvalue weighted by Crippen LogP contribution is 2.25. The molecule has 0 N–H and O–H groups in total. The summed E-state index contributed by atoms with van der Waals surface area (Å²) in [6.45, 7) is 0. The third kappa shape index (κ3) is 1.45. The van der Waals surface area contributed by atoms with Crippen molar-refractivity contribution in [2.75, 3.05) is 7.11 Å². The number of aromatic nitrogens is 3. The van der Waals surface area contributed by atoms with Crippen molar-refractivity contribution in [3.05, 3.63) is 23.2 Å². The number of carbonyl (C=O) groups excluding carboxylic acids is 1. The van der Waals surface area contributed by atoms with Crippen LogP contribution in [0.15, 0.2) is 12.5 Å². The van der Waals surface area contributed by atoms with Gasteiger partial charge in [-0.15, -0.1) is 0 Å². The van der Waals surface area contributed by atoms with E-state index >= 15 is 0 Å². The minimum atomic E-state index is -0.447. The van der Waals surface area contributed by atoms with E-state index in [0.717, 1.165) is 0 Å². The Kier molecular flexibility index (Phi) is 2.32. The predicted octanol–water partition coefficient (Wildman–Crippen LogP) is 1.41. The fourth-order valence-electron chi connectivity index (χ4n) is 1.44.